The predicted octanol–water partition coefficient (Wildman–Crippen LogP) is 12.0. The van der Waals surface area contributed by atoms with E-state index in [9.17, 15) is 0 Å². The molecule has 44 heavy (non-hydrogen) atoms. The van der Waals surface area contributed by atoms with Crippen molar-refractivity contribution in [2.45, 2.75) is 0 Å². The average molecular weight is 580 g/mol. The summed E-state index contributed by atoms with van der Waals surface area (Å²) in [5, 5.41) is 4.83. The summed E-state index contributed by atoms with van der Waals surface area (Å²) in [6, 6.07) is 53.6. The molecule has 0 unspecified atom stereocenters. The van der Waals surface area contributed by atoms with Crippen molar-refractivity contribution in [1.29, 1.82) is 0 Å². The van der Waals surface area contributed by atoms with E-state index in [4.69, 9.17) is 9.40 Å². The Balaban J connectivity index is 1.33. The van der Waals surface area contributed by atoms with Gasteiger partial charge in [0.15, 0.2) is 0 Å². The van der Waals surface area contributed by atoms with E-state index in [0.29, 0.717) is 0 Å². The number of benzene rings is 6. The van der Waals surface area contributed by atoms with E-state index in [2.05, 4.69) is 140 Å². The molecular weight excluding hydrogens is 555 g/mol. The molecule has 0 atom stereocenters. The Morgan fingerprint density at radius 3 is 1.89 bits per heavy atom. The molecule has 3 heteroatoms. The maximum atomic E-state index is 6.52. The van der Waals surface area contributed by atoms with Gasteiger partial charge in [0.2, 0.25) is 0 Å². The first-order valence-electron chi connectivity index (χ1n) is 14.8. The number of aromatic nitrogens is 1. The zero-order valence-electron chi connectivity index (χ0n) is 23.7. The van der Waals surface area contributed by atoms with Crippen molar-refractivity contribution in [2.75, 3.05) is 0 Å². The van der Waals surface area contributed by atoms with E-state index in [1.807, 2.05) is 23.5 Å². The van der Waals surface area contributed by atoms with E-state index in [1.54, 1.807) is 0 Å². The third-order valence-corrected chi connectivity index (χ3v) is 9.62. The Hall–Kier alpha value is -5.51. The molecule has 0 N–H and O–H groups in total. The summed E-state index contributed by atoms with van der Waals surface area (Å²) in [6.07, 6.45) is 0. The lowest BCUT2D eigenvalue weighted by Crippen LogP contribution is -1.92. The largest absolute Gasteiger partial charge is 0.456 e. The molecule has 0 radical (unpaired) electrons. The topological polar surface area (TPSA) is 26.0 Å². The van der Waals surface area contributed by atoms with Crippen molar-refractivity contribution in [3.8, 4) is 44.8 Å². The van der Waals surface area contributed by atoms with Crippen molar-refractivity contribution in [3.63, 3.8) is 0 Å². The normalized spacial score (nSPS) is 11.6. The molecule has 6 aromatic carbocycles. The van der Waals surface area contributed by atoms with Crippen LogP contribution < -0.4 is 0 Å². The van der Waals surface area contributed by atoms with Gasteiger partial charge in [-0.25, -0.2) is 4.98 Å². The van der Waals surface area contributed by atoms with Gasteiger partial charge >= 0.3 is 0 Å². The van der Waals surface area contributed by atoms with Gasteiger partial charge in [0.25, 0.3) is 0 Å². The highest BCUT2D eigenvalue weighted by Gasteiger charge is 2.18. The molecule has 0 aliphatic rings. The smallest absolute Gasteiger partial charge is 0.136 e. The van der Waals surface area contributed by atoms with Crippen LogP contribution in [0.2, 0.25) is 0 Å². The molecule has 0 aliphatic heterocycles. The molecule has 0 saturated heterocycles. The number of hydrogen-bond acceptors (Lipinski definition) is 3. The van der Waals surface area contributed by atoms with Crippen LogP contribution in [0.15, 0.2) is 156 Å². The van der Waals surface area contributed by atoms with Crippen molar-refractivity contribution >= 4 is 53.4 Å². The number of nitrogens with zero attached hydrogens (tertiary/aromatic N) is 1. The van der Waals surface area contributed by atoms with Gasteiger partial charge in [-0.05, 0) is 70.8 Å². The number of para-hydroxylation sites is 1. The van der Waals surface area contributed by atoms with Crippen molar-refractivity contribution in [3.05, 3.63) is 152 Å². The lowest BCUT2D eigenvalue weighted by atomic mass is 9.94. The third kappa shape index (κ3) is 4.13. The minimum Gasteiger partial charge on any atom is -0.456 e. The van der Waals surface area contributed by atoms with Gasteiger partial charge in [0.05, 0.1) is 11.4 Å². The molecule has 0 bridgehead atoms. The second-order valence-corrected chi connectivity index (χ2v) is 12.2. The molecule has 9 aromatic rings. The molecule has 206 valence electrons. The summed E-state index contributed by atoms with van der Waals surface area (Å²) >= 11 is 1.84. The standard InChI is InChI=1S/C41H25NOS/c1-3-11-26(12-4-1)29-23-35(27-13-5-2-6-14-27)42-36(24-29)30-22-33(41-32-16-7-9-17-37(32)43-38(41)25-30)28-19-20-40-34(21-28)31-15-8-10-18-39(31)44-40/h1-25H. The minimum absolute atomic E-state index is 0.863. The second kappa shape index (κ2) is 10.0. The summed E-state index contributed by atoms with van der Waals surface area (Å²) in [4.78, 5) is 5.24. The van der Waals surface area contributed by atoms with E-state index >= 15 is 0 Å². The van der Waals surface area contributed by atoms with Crippen LogP contribution in [0.5, 0.6) is 0 Å². The van der Waals surface area contributed by atoms with Crippen molar-refractivity contribution < 1.29 is 4.42 Å². The number of thiophene rings is 1. The van der Waals surface area contributed by atoms with Crippen LogP contribution in [0.4, 0.5) is 0 Å². The summed E-state index contributed by atoms with van der Waals surface area (Å²) in [6.45, 7) is 0. The summed E-state index contributed by atoms with van der Waals surface area (Å²) in [5.41, 5.74) is 10.3. The van der Waals surface area contributed by atoms with Crippen LogP contribution in [0, 0.1) is 0 Å². The molecule has 0 aliphatic carbocycles. The Morgan fingerprint density at radius 1 is 0.409 bits per heavy atom. The first kappa shape index (κ1) is 25.0. The van der Waals surface area contributed by atoms with Gasteiger partial charge in [0.1, 0.15) is 11.2 Å². The highest BCUT2D eigenvalue weighted by atomic mass is 32.1. The van der Waals surface area contributed by atoms with Gasteiger partial charge in [0, 0.05) is 42.1 Å². The predicted molar refractivity (Wildman–Crippen MR) is 186 cm³/mol. The molecule has 2 nitrogen and oxygen atoms in total. The zero-order valence-corrected chi connectivity index (χ0v) is 24.5. The van der Waals surface area contributed by atoms with Crippen LogP contribution in [-0.4, -0.2) is 4.98 Å². The average Bonchev–Trinajstić information content (AvgIpc) is 3.66. The van der Waals surface area contributed by atoms with E-state index < -0.39 is 0 Å². The summed E-state index contributed by atoms with van der Waals surface area (Å²) in [7, 11) is 0. The maximum absolute atomic E-state index is 6.52. The Kier molecular flexibility index (Phi) is 5.71. The number of fused-ring (bicyclic) bond motifs is 6. The first-order chi connectivity index (χ1) is 21.8. The third-order valence-electron chi connectivity index (χ3n) is 8.46. The number of hydrogen-bond donors (Lipinski definition) is 0. The monoisotopic (exact) mass is 579 g/mol. The fraction of sp³-hybridized carbons (Fsp3) is 0. The highest BCUT2D eigenvalue weighted by Crippen LogP contribution is 2.43. The van der Waals surface area contributed by atoms with Gasteiger partial charge in [-0.15, -0.1) is 11.3 Å². The minimum atomic E-state index is 0.863. The zero-order chi connectivity index (χ0) is 29.0. The fourth-order valence-electron chi connectivity index (χ4n) is 6.36. The van der Waals surface area contributed by atoms with E-state index in [-0.39, 0.29) is 0 Å². The molecule has 3 aromatic heterocycles. The van der Waals surface area contributed by atoms with Crippen molar-refractivity contribution in [2.24, 2.45) is 0 Å². The highest BCUT2D eigenvalue weighted by molar-refractivity contribution is 7.25. The van der Waals surface area contributed by atoms with Gasteiger partial charge < -0.3 is 4.42 Å². The van der Waals surface area contributed by atoms with Gasteiger partial charge in [-0.2, -0.15) is 0 Å². The second-order valence-electron chi connectivity index (χ2n) is 11.2. The summed E-state index contributed by atoms with van der Waals surface area (Å²) in [5.74, 6) is 0. The molecule has 0 fully saturated rings. The first-order valence-corrected chi connectivity index (χ1v) is 15.6. The van der Waals surface area contributed by atoms with Gasteiger partial charge in [-0.1, -0.05) is 103 Å². The molecular formula is C41H25NOS. The molecule has 3 heterocycles. The van der Waals surface area contributed by atoms with Crippen LogP contribution in [0.3, 0.4) is 0 Å². The summed E-state index contributed by atoms with van der Waals surface area (Å²) < 4.78 is 9.13. The SMILES string of the molecule is c1ccc(-c2cc(-c3ccccc3)nc(-c3cc(-c4ccc5sc6ccccc6c5c4)c4c(c3)oc3ccccc34)c2)cc1. The Morgan fingerprint density at radius 2 is 1.07 bits per heavy atom. The van der Waals surface area contributed by atoms with Crippen molar-refractivity contribution in [1.82, 2.24) is 4.98 Å². The quantitative estimate of drug-likeness (QED) is 0.207. The number of rotatable bonds is 4. The van der Waals surface area contributed by atoms with E-state index in [0.717, 1.165) is 61.1 Å². The fourth-order valence-corrected chi connectivity index (χ4v) is 7.44. The molecule has 0 spiro atoms. The van der Waals surface area contributed by atoms with Crippen LogP contribution in [-0.2, 0) is 0 Å². The lowest BCUT2D eigenvalue weighted by molar-refractivity contribution is 0.669. The van der Waals surface area contributed by atoms with E-state index in [1.165, 1.54) is 25.7 Å². The van der Waals surface area contributed by atoms with Crippen LogP contribution in [0.1, 0.15) is 0 Å². The lowest BCUT2D eigenvalue weighted by Gasteiger charge is -2.12. The number of pyridine rings is 1. The molecule has 9 rings (SSSR count). The maximum Gasteiger partial charge on any atom is 0.136 e. The molecule has 0 amide bonds. The molecule has 0 saturated carbocycles. The Labute approximate surface area is 258 Å². The Bertz CT molecular complexity index is 2430. The number of furan rings is 1. The van der Waals surface area contributed by atoms with Crippen LogP contribution in [0.25, 0.3) is 86.9 Å². The van der Waals surface area contributed by atoms with Gasteiger partial charge in [-0.3, -0.25) is 0 Å². The van der Waals surface area contributed by atoms with Crippen LogP contribution >= 0.6 is 11.3 Å².